The van der Waals surface area contributed by atoms with Crippen molar-refractivity contribution in [3.05, 3.63) is 48.0 Å². The predicted molar refractivity (Wildman–Crippen MR) is 101 cm³/mol. The minimum atomic E-state index is 0.440. The topological polar surface area (TPSA) is 30.3 Å². The van der Waals surface area contributed by atoms with Gasteiger partial charge in [-0.25, -0.2) is 0 Å². The monoisotopic (exact) mass is 337 g/mol. The Morgan fingerprint density at radius 2 is 1.79 bits per heavy atom. The number of benzene rings is 2. The molecule has 1 atom stereocenters. The van der Waals surface area contributed by atoms with Crippen LogP contribution in [-0.4, -0.2) is 30.6 Å². The van der Waals surface area contributed by atoms with Crippen molar-refractivity contribution in [3.63, 3.8) is 0 Å². The van der Waals surface area contributed by atoms with E-state index in [0.717, 1.165) is 25.3 Å². The molecule has 0 saturated heterocycles. The summed E-state index contributed by atoms with van der Waals surface area (Å²) in [6.45, 7) is 9.72. The van der Waals surface area contributed by atoms with Crippen molar-refractivity contribution >= 4 is 23.1 Å². The molecule has 124 valence electrons. The molecule has 0 amide bonds. The molecule has 0 spiro atoms. The van der Waals surface area contributed by atoms with Crippen LogP contribution in [0.2, 0.25) is 0 Å². The fourth-order valence-electron chi connectivity index (χ4n) is 3.32. The molecule has 0 unspecified atom stereocenters. The summed E-state index contributed by atoms with van der Waals surface area (Å²) in [6, 6.07) is 17.3. The fraction of sp³-hybridized carbons (Fsp3) is 0.350. The van der Waals surface area contributed by atoms with Crippen LogP contribution in [0.3, 0.4) is 0 Å². The van der Waals surface area contributed by atoms with Crippen molar-refractivity contribution in [3.8, 4) is 6.07 Å². The zero-order chi connectivity index (χ0) is 17.1. The van der Waals surface area contributed by atoms with Crippen LogP contribution in [0.5, 0.6) is 0 Å². The highest BCUT2D eigenvalue weighted by Crippen LogP contribution is 2.48. The van der Waals surface area contributed by atoms with Crippen molar-refractivity contribution in [2.45, 2.75) is 36.6 Å². The van der Waals surface area contributed by atoms with Crippen LogP contribution in [0.15, 0.2) is 52.3 Å². The van der Waals surface area contributed by atoms with Crippen LogP contribution < -0.4 is 4.90 Å². The maximum Gasteiger partial charge on any atom is 0.0992 e. The SMILES string of the molecule is CCN(CC)[C@@H](C)CN1c2ccccc2Sc2ccc(C#N)cc21. The van der Waals surface area contributed by atoms with Gasteiger partial charge in [0.25, 0.3) is 0 Å². The molecule has 3 rings (SSSR count). The first-order valence-corrected chi connectivity index (χ1v) is 9.32. The molecule has 0 saturated carbocycles. The van der Waals surface area contributed by atoms with Gasteiger partial charge in [-0.1, -0.05) is 37.7 Å². The number of fused-ring (bicyclic) bond motifs is 2. The number of hydrogen-bond acceptors (Lipinski definition) is 4. The number of para-hydroxylation sites is 1. The lowest BCUT2D eigenvalue weighted by molar-refractivity contribution is 0.236. The number of hydrogen-bond donors (Lipinski definition) is 0. The largest absolute Gasteiger partial charge is 0.338 e. The molecule has 2 aromatic rings. The number of likely N-dealkylation sites (N-methyl/N-ethyl adjacent to an activating group) is 1. The van der Waals surface area contributed by atoms with Crippen LogP contribution in [0, 0.1) is 11.3 Å². The Hall–Kier alpha value is -1.96. The van der Waals surface area contributed by atoms with Gasteiger partial charge in [-0.2, -0.15) is 5.26 Å². The van der Waals surface area contributed by atoms with E-state index in [2.05, 4.69) is 67.0 Å². The van der Waals surface area contributed by atoms with Gasteiger partial charge in [-0.15, -0.1) is 0 Å². The van der Waals surface area contributed by atoms with Crippen LogP contribution in [0.4, 0.5) is 11.4 Å². The van der Waals surface area contributed by atoms with Crippen LogP contribution in [0.1, 0.15) is 26.3 Å². The lowest BCUT2D eigenvalue weighted by Gasteiger charge is -2.37. The molecule has 0 aromatic heterocycles. The first kappa shape index (κ1) is 16.9. The van der Waals surface area contributed by atoms with Crippen LogP contribution in [0.25, 0.3) is 0 Å². The third-order valence-corrected chi connectivity index (χ3v) is 5.77. The Labute approximate surface area is 148 Å². The van der Waals surface area contributed by atoms with Gasteiger partial charge in [-0.3, -0.25) is 4.90 Å². The van der Waals surface area contributed by atoms with Crippen LogP contribution >= 0.6 is 11.8 Å². The molecule has 1 aliphatic heterocycles. The average molecular weight is 337 g/mol. The normalized spacial score (nSPS) is 14.0. The maximum atomic E-state index is 9.28. The highest BCUT2D eigenvalue weighted by Gasteiger charge is 2.26. The van der Waals surface area contributed by atoms with E-state index in [0.29, 0.717) is 11.6 Å². The Balaban J connectivity index is 2.02. The Morgan fingerprint density at radius 3 is 2.50 bits per heavy atom. The van der Waals surface area contributed by atoms with Crippen molar-refractivity contribution in [1.29, 1.82) is 5.26 Å². The second-order valence-corrected chi connectivity index (χ2v) is 7.13. The summed E-state index contributed by atoms with van der Waals surface area (Å²) in [5.41, 5.74) is 3.11. The highest BCUT2D eigenvalue weighted by atomic mass is 32.2. The smallest absolute Gasteiger partial charge is 0.0992 e. The molecule has 0 bridgehead atoms. The third kappa shape index (κ3) is 3.15. The summed E-state index contributed by atoms with van der Waals surface area (Å²) in [7, 11) is 0. The molecule has 3 nitrogen and oxygen atoms in total. The highest BCUT2D eigenvalue weighted by molar-refractivity contribution is 7.99. The number of rotatable bonds is 5. The van der Waals surface area contributed by atoms with Crippen molar-refractivity contribution < 1.29 is 0 Å². The van der Waals surface area contributed by atoms with E-state index in [4.69, 9.17) is 0 Å². The number of anilines is 2. The quantitative estimate of drug-likeness (QED) is 0.777. The molecule has 1 aliphatic rings. The minimum Gasteiger partial charge on any atom is -0.338 e. The number of nitrogens with zero attached hydrogens (tertiary/aromatic N) is 3. The molecule has 1 heterocycles. The summed E-state index contributed by atoms with van der Waals surface area (Å²) in [4.78, 5) is 7.35. The van der Waals surface area contributed by atoms with E-state index in [1.54, 1.807) is 11.8 Å². The summed E-state index contributed by atoms with van der Waals surface area (Å²) < 4.78 is 0. The molecule has 0 aliphatic carbocycles. The second-order valence-electron chi connectivity index (χ2n) is 6.04. The molecule has 0 radical (unpaired) electrons. The zero-order valence-electron chi connectivity index (χ0n) is 14.5. The molecule has 0 N–H and O–H groups in total. The first-order chi connectivity index (χ1) is 11.7. The maximum absolute atomic E-state index is 9.28. The summed E-state index contributed by atoms with van der Waals surface area (Å²) >= 11 is 1.79. The van der Waals surface area contributed by atoms with E-state index in [-0.39, 0.29) is 0 Å². The van der Waals surface area contributed by atoms with E-state index < -0.39 is 0 Å². The van der Waals surface area contributed by atoms with E-state index in [1.165, 1.54) is 15.5 Å². The molecular weight excluding hydrogens is 314 g/mol. The van der Waals surface area contributed by atoms with Gasteiger partial charge in [0.15, 0.2) is 0 Å². The Bertz CT molecular complexity index is 762. The van der Waals surface area contributed by atoms with Crippen molar-refractivity contribution in [1.82, 2.24) is 4.90 Å². The van der Waals surface area contributed by atoms with E-state index in [9.17, 15) is 5.26 Å². The molecule has 24 heavy (non-hydrogen) atoms. The third-order valence-electron chi connectivity index (χ3n) is 4.64. The van der Waals surface area contributed by atoms with E-state index in [1.807, 2.05) is 12.1 Å². The minimum absolute atomic E-state index is 0.440. The van der Waals surface area contributed by atoms with Gasteiger partial charge < -0.3 is 4.90 Å². The van der Waals surface area contributed by atoms with Gasteiger partial charge in [0.05, 0.1) is 23.0 Å². The van der Waals surface area contributed by atoms with Crippen LogP contribution in [-0.2, 0) is 0 Å². The van der Waals surface area contributed by atoms with E-state index >= 15 is 0 Å². The lowest BCUT2D eigenvalue weighted by Crippen LogP contribution is -2.41. The molecular formula is C20H23N3S. The average Bonchev–Trinajstić information content (AvgIpc) is 2.62. The fourth-order valence-corrected chi connectivity index (χ4v) is 4.40. The van der Waals surface area contributed by atoms with Crippen molar-refractivity contribution in [2.75, 3.05) is 24.5 Å². The van der Waals surface area contributed by atoms with Gasteiger partial charge in [0.1, 0.15) is 0 Å². The van der Waals surface area contributed by atoms with Gasteiger partial charge in [0, 0.05) is 22.4 Å². The van der Waals surface area contributed by atoms with Gasteiger partial charge in [-0.05, 0) is 50.3 Å². The predicted octanol–water partition coefficient (Wildman–Crippen LogP) is 4.89. The number of nitriles is 1. The summed E-state index contributed by atoms with van der Waals surface area (Å²) in [5.74, 6) is 0. The summed E-state index contributed by atoms with van der Waals surface area (Å²) in [5, 5.41) is 9.28. The van der Waals surface area contributed by atoms with Crippen molar-refractivity contribution in [2.24, 2.45) is 0 Å². The first-order valence-electron chi connectivity index (χ1n) is 8.50. The lowest BCUT2D eigenvalue weighted by atomic mass is 10.1. The Kier molecular flexibility index (Phi) is 5.13. The summed E-state index contributed by atoms with van der Waals surface area (Å²) in [6.07, 6.45) is 0. The van der Waals surface area contributed by atoms with Gasteiger partial charge in [0.2, 0.25) is 0 Å². The zero-order valence-corrected chi connectivity index (χ0v) is 15.3. The molecule has 4 heteroatoms. The van der Waals surface area contributed by atoms with Gasteiger partial charge >= 0.3 is 0 Å². The Morgan fingerprint density at radius 1 is 1.08 bits per heavy atom. The molecule has 2 aromatic carbocycles. The second kappa shape index (κ2) is 7.29. The molecule has 0 fully saturated rings. The standard InChI is InChI=1S/C20H23N3S/c1-4-22(5-2)15(3)14-23-17-8-6-7-9-19(17)24-20-11-10-16(13-21)12-18(20)23/h6-12,15H,4-5,14H2,1-3H3/t15-/m0/s1.